The van der Waals surface area contributed by atoms with Gasteiger partial charge in [0.25, 0.3) is 5.91 Å². The summed E-state index contributed by atoms with van der Waals surface area (Å²) < 4.78 is 0. The first-order valence-electron chi connectivity index (χ1n) is 6.39. The summed E-state index contributed by atoms with van der Waals surface area (Å²) in [5, 5.41) is 7.32. The summed E-state index contributed by atoms with van der Waals surface area (Å²) in [5.74, 6) is -0.469. The average Bonchev–Trinajstić information content (AvgIpc) is 3.01. The Morgan fingerprint density at radius 1 is 1.24 bits per heavy atom. The Kier molecular flexibility index (Phi) is 5.41. The molecule has 0 saturated heterocycles. The second-order valence-corrected chi connectivity index (χ2v) is 6.22. The van der Waals surface area contributed by atoms with Gasteiger partial charge in [-0.2, -0.15) is 0 Å². The third-order valence-corrected chi connectivity index (χ3v) is 4.42. The number of hydrogen-bond donors (Lipinski definition) is 2. The summed E-state index contributed by atoms with van der Waals surface area (Å²) in [7, 11) is 0. The third kappa shape index (κ3) is 4.34. The van der Waals surface area contributed by atoms with Crippen LogP contribution in [0, 0.1) is 0 Å². The molecule has 0 aliphatic rings. The Hall–Kier alpha value is -1.79. The van der Waals surface area contributed by atoms with E-state index >= 15 is 0 Å². The Morgan fingerprint density at radius 3 is 2.71 bits per heavy atom. The van der Waals surface area contributed by atoms with Crippen molar-refractivity contribution in [2.75, 3.05) is 11.6 Å². The van der Waals surface area contributed by atoms with Crippen molar-refractivity contribution in [1.29, 1.82) is 0 Å². The fourth-order valence-electron chi connectivity index (χ4n) is 1.69. The van der Waals surface area contributed by atoms with Crippen molar-refractivity contribution in [2.45, 2.75) is 17.9 Å². The molecule has 1 aromatic carbocycles. The van der Waals surface area contributed by atoms with Crippen molar-refractivity contribution >= 4 is 40.6 Å². The maximum atomic E-state index is 12.1. The number of carbonyl (C=O) groups is 2. The van der Waals surface area contributed by atoms with E-state index in [4.69, 9.17) is 0 Å². The van der Waals surface area contributed by atoms with Gasteiger partial charge in [0, 0.05) is 10.6 Å². The minimum atomic E-state index is -0.600. The van der Waals surface area contributed by atoms with Gasteiger partial charge in [0.1, 0.15) is 6.04 Å². The number of carbonyl (C=O) groups excluding carboxylic acids is 2. The minimum Gasteiger partial charge on any atom is -0.340 e. The molecule has 2 rings (SSSR count). The highest BCUT2D eigenvalue weighted by Gasteiger charge is 2.17. The lowest BCUT2D eigenvalue weighted by Gasteiger charge is -2.14. The molecular weight excluding hydrogens is 304 g/mol. The van der Waals surface area contributed by atoms with Gasteiger partial charge in [-0.05, 0) is 42.8 Å². The van der Waals surface area contributed by atoms with E-state index in [9.17, 15) is 9.59 Å². The van der Waals surface area contributed by atoms with E-state index in [0.29, 0.717) is 4.88 Å². The summed E-state index contributed by atoms with van der Waals surface area (Å²) in [4.78, 5) is 25.6. The van der Waals surface area contributed by atoms with Crippen LogP contribution in [0.2, 0.25) is 0 Å². The largest absolute Gasteiger partial charge is 0.340 e. The maximum Gasteiger partial charge on any atom is 0.261 e. The lowest BCUT2D eigenvalue weighted by atomic mass is 10.2. The summed E-state index contributed by atoms with van der Waals surface area (Å²) in [5.41, 5.74) is 0.726. The molecule has 1 aromatic heterocycles. The smallest absolute Gasteiger partial charge is 0.261 e. The van der Waals surface area contributed by atoms with Gasteiger partial charge < -0.3 is 10.6 Å². The van der Waals surface area contributed by atoms with E-state index in [0.717, 1.165) is 10.6 Å². The van der Waals surface area contributed by atoms with Gasteiger partial charge in [-0.1, -0.05) is 12.1 Å². The molecule has 0 spiro atoms. The third-order valence-electron chi connectivity index (χ3n) is 2.82. The molecule has 0 radical (unpaired) electrons. The van der Waals surface area contributed by atoms with E-state index in [1.165, 1.54) is 11.3 Å². The van der Waals surface area contributed by atoms with Gasteiger partial charge in [0.2, 0.25) is 5.91 Å². The average molecular weight is 320 g/mol. The molecule has 2 aromatic rings. The Bertz CT molecular complexity index is 626. The van der Waals surface area contributed by atoms with Crippen molar-refractivity contribution in [3.63, 3.8) is 0 Å². The van der Waals surface area contributed by atoms with Crippen LogP contribution in [0.15, 0.2) is 46.7 Å². The number of thioether (sulfide) groups is 1. The molecular formula is C15H16N2O2S2. The Balaban J connectivity index is 1.94. The molecule has 2 amide bonds. The monoisotopic (exact) mass is 320 g/mol. The van der Waals surface area contributed by atoms with Gasteiger partial charge in [-0.15, -0.1) is 23.1 Å². The molecule has 0 unspecified atom stereocenters. The van der Waals surface area contributed by atoms with E-state index in [1.807, 2.05) is 35.9 Å². The van der Waals surface area contributed by atoms with Crippen LogP contribution in [0.4, 0.5) is 5.69 Å². The van der Waals surface area contributed by atoms with Crippen molar-refractivity contribution < 1.29 is 9.59 Å². The number of benzene rings is 1. The first-order valence-corrected chi connectivity index (χ1v) is 8.50. The molecule has 1 heterocycles. The molecule has 4 nitrogen and oxygen atoms in total. The molecule has 21 heavy (non-hydrogen) atoms. The van der Waals surface area contributed by atoms with Gasteiger partial charge in [0.05, 0.1) is 4.88 Å². The highest BCUT2D eigenvalue weighted by molar-refractivity contribution is 7.98. The zero-order chi connectivity index (χ0) is 15.2. The zero-order valence-electron chi connectivity index (χ0n) is 11.8. The summed E-state index contributed by atoms with van der Waals surface area (Å²) in [6.45, 7) is 1.67. The highest BCUT2D eigenvalue weighted by atomic mass is 32.2. The molecule has 0 aliphatic heterocycles. The van der Waals surface area contributed by atoms with Crippen molar-refractivity contribution in [3.8, 4) is 0 Å². The molecule has 0 bridgehead atoms. The summed E-state index contributed by atoms with van der Waals surface area (Å²) in [6, 6.07) is 10.5. The Labute approximate surface area is 131 Å². The fraction of sp³-hybridized carbons (Fsp3) is 0.200. The van der Waals surface area contributed by atoms with Gasteiger partial charge in [-0.3, -0.25) is 9.59 Å². The van der Waals surface area contributed by atoms with Gasteiger partial charge in [-0.25, -0.2) is 0 Å². The van der Waals surface area contributed by atoms with Crippen molar-refractivity contribution in [3.05, 3.63) is 46.7 Å². The van der Waals surface area contributed by atoms with Crippen LogP contribution in [0.3, 0.4) is 0 Å². The van der Waals surface area contributed by atoms with Crippen LogP contribution in [-0.2, 0) is 4.79 Å². The quantitative estimate of drug-likeness (QED) is 0.832. The van der Waals surface area contributed by atoms with Crippen LogP contribution in [0.5, 0.6) is 0 Å². The molecule has 1 atom stereocenters. The van der Waals surface area contributed by atoms with Crippen molar-refractivity contribution in [2.24, 2.45) is 0 Å². The number of hydrogen-bond acceptors (Lipinski definition) is 4. The first-order chi connectivity index (χ1) is 10.1. The lowest BCUT2D eigenvalue weighted by molar-refractivity contribution is -0.117. The van der Waals surface area contributed by atoms with Crippen LogP contribution in [0.25, 0.3) is 0 Å². The van der Waals surface area contributed by atoms with E-state index in [2.05, 4.69) is 10.6 Å². The van der Waals surface area contributed by atoms with Crippen LogP contribution >= 0.6 is 23.1 Å². The second kappa shape index (κ2) is 7.28. The summed E-state index contributed by atoms with van der Waals surface area (Å²) in [6.07, 6.45) is 1.98. The number of anilines is 1. The SMILES string of the molecule is CSc1cccc(NC(=O)[C@@H](C)NC(=O)c2cccs2)c1. The summed E-state index contributed by atoms with van der Waals surface area (Å²) >= 11 is 2.95. The van der Waals surface area contributed by atoms with E-state index in [-0.39, 0.29) is 11.8 Å². The molecule has 2 N–H and O–H groups in total. The lowest BCUT2D eigenvalue weighted by Crippen LogP contribution is -2.41. The molecule has 110 valence electrons. The molecule has 0 fully saturated rings. The van der Waals surface area contributed by atoms with Crippen LogP contribution in [0.1, 0.15) is 16.6 Å². The fourth-order valence-corrected chi connectivity index (χ4v) is 2.78. The van der Waals surface area contributed by atoms with E-state index in [1.54, 1.807) is 30.8 Å². The predicted molar refractivity (Wildman–Crippen MR) is 88.1 cm³/mol. The predicted octanol–water partition coefficient (Wildman–Crippen LogP) is 3.23. The van der Waals surface area contributed by atoms with Crippen LogP contribution < -0.4 is 10.6 Å². The van der Waals surface area contributed by atoms with E-state index < -0.39 is 6.04 Å². The van der Waals surface area contributed by atoms with Gasteiger partial charge >= 0.3 is 0 Å². The number of rotatable bonds is 5. The zero-order valence-corrected chi connectivity index (χ0v) is 13.4. The number of amides is 2. The maximum absolute atomic E-state index is 12.1. The number of nitrogens with one attached hydrogen (secondary N) is 2. The topological polar surface area (TPSA) is 58.2 Å². The normalized spacial score (nSPS) is 11.7. The highest BCUT2D eigenvalue weighted by Crippen LogP contribution is 2.19. The van der Waals surface area contributed by atoms with Crippen molar-refractivity contribution in [1.82, 2.24) is 5.32 Å². The molecule has 0 aliphatic carbocycles. The standard InChI is InChI=1S/C15H16N2O2S2/c1-10(16-15(19)13-7-4-8-21-13)14(18)17-11-5-3-6-12(9-11)20-2/h3-10H,1-2H3,(H,16,19)(H,17,18)/t10-/m1/s1. The minimum absolute atomic E-state index is 0.231. The molecule has 0 saturated carbocycles. The Morgan fingerprint density at radius 2 is 2.05 bits per heavy atom. The molecule has 6 heteroatoms. The second-order valence-electron chi connectivity index (χ2n) is 4.39. The van der Waals surface area contributed by atoms with Gasteiger partial charge in [0.15, 0.2) is 0 Å². The van der Waals surface area contributed by atoms with Crippen LogP contribution in [-0.4, -0.2) is 24.1 Å². The first kappa shape index (κ1) is 15.6. The number of thiophene rings is 1.